The molecule has 32 heavy (non-hydrogen) atoms. The fourth-order valence-corrected chi connectivity index (χ4v) is 3.31. The molecule has 0 saturated carbocycles. The second-order valence-corrected chi connectivity index (χ2v) is 9.57. The number of halogens is 4. The third-order valence-corrected chi connectivity index (χ3v) is 5.71. The molecule has 3 nitrogen and oxygen atoms in total. The molecule has 7 heteroatoms. The first kappa shape index (κ1) is 28.5. The summed E-state index contributed by atoms with van der Waals surface area (Å²) in [5.41, 5.74) is 0. The lowest BCUT2D eigenvalue weighted by atomic mass is 9.93. The van der Waals surface area contributed by atoms with Gasteiger partial charge in [-0.25, -0.2) is 8.78 Å². The van der Waals surface area contributed by atoms with E-state index in [2.05, 4.69) is 20.8 Å². The Morgan fingerprint density at radius 2 is 1.06 bits per heavy atom. The number of hydrogen-bond donors (Lipinski definition) is 1. The summed E-state index contributed by atoms with van der Waals surface area (Å²) in [7, 11) is 0. The minimum atomic E-state index is -0.595. The predicted molar refractivity (Wildman–Crippen MR) is 128 cm³/mol. The van der Waals surface area contributed by atoms with Crippen molar-refractivity contribution in [2.75, 3.05) is 0 Å². The number of aliphatic hydroxyl groups excluding tert-OH is 1. The molecule has 180 valence electrons. The highest BCUT2D eigenvalue weighted by molar-refractivity contribution is 6.31. The summed E-state index contributed by atoms with van der Waals surface area (Å²) < 4.78 is 37.2. The lowest BCUT2D eigenvalue weighted by molar-refractivity contribution is 0.0167. The van der Waals surface area contributed by atoms with Crippen molar-refractivity contribution in [1.29, 1.82) is 0 Å². The topological polar surface area (TPSA) is 38.7 Å². The van der Waals surface area contributed by atoms with E-state index in [-0.39, 0.29) is 22.9 Å². The fraction of sp³-hybridized carbons (Fsp3) is 0.520. The lowest BCUT2D eigenvalue weighted by Crippen LogP contribution is -2.33. The largest absolute Gasteiger partial charge is 0.490 e. The first-order valence-electron chi connectivity index (χ1n) is 10.7. The second kappa shape index (κ2) is 13.2. The van der Waals surface area contributed by atoms with Crippen LogP contribution in [0.15, 0.2) is 36.4 Å². The van der Waals surface area contributed by atoms with Crippen LogP contribution in [0.25, 0.3) is 0 Å². The fourth-order valence-electron chi connectivity index (χ4n) is 2.88. The van der Waals surface area contributed by atoms with Crippen molar-refractivity contribution in [2.24, 2.45) is 17.8 Å². The van der Waals surface area contributed by atoms with E-state index >= 15 is 0 Å². The molecule has 2 aromatic rings. The highest BCUT2D eigenvalue weighted by Crippen LogP contribution is 2.25. The molecule has 0 amide bonds. The molecule has 0 aliphatic rings. The van der Waals surface area contributed by atoms with Crippen LogP contribution in [0.5, 0.6) is 11.5 Å². The van der Waals surface area contributed by atoms with Crippen molar-refractivity contribution in [3.63, 3.8) is 0 Å². The summed E-state index contributed by atoms with van der Waals surface area (Å²) in [4.78, 5) is 0. The van der Waals surface area contributed by atoms with Gasteiger partial charge in [-0.1, -0.05) is 57.8 Å². The summed E-state index contributed by atoms with van der Waals surface area (Å²) in [6.45, 7) is 13.9. The van der Waals surface area contributed by atoms with Gasteiger partial charge < -0.3 is 14.6 Å². The third-order valence-electron chi connectivity index (χ3n) is 5.27. The van der Waals surface area contributed by atoms with Gasteiger partial charge in [-0.2, -0.15) is 0 Å². The molecule has 2 aromatic carbocycles. The quantitative estimate of drug-likeness (QED) is 0.410. The molecule has 0 saturated heterocycles. The monoisotopic (exact) mass is 490 g/mol. The Kier molecular flexibility index (Phi) is 11.8. The Bertz CT molecular complexity index is 736. The molecule has 0 unspecified atom stereocenters. The third kappa shape index (κ3) is 9.93. The van der Waals surface area contributed by atoms with Gasteiger partial charge in [-0.3, -0.25) is 0 Å². The number of hydrogen-bond acceptors (Lipinski definition) is 3. The van der Waals surface area contributed by atoms with E-state index in [1.807, 2.05) is 20.8 Å². The summed E-state index contributed by atoms with van der Waals surface area (Å²) >= 11 is 11.4. The standard InChI is InChI=1S/C13H18ClFO.C12H16ClFO2/c1-8(2)9(3)10(4)16-13-6-11(14)5-12(15)7-13;1-7(2)12(15)8(3)16-11-5-9(13)4-10(14)6-11/h5-10H,1-4H3;4-8,12,15H,1-3H3/t9-,10+;8-,12+/m10/s1. The SMILES string of the molecule is CC(C)[C@@H](C)[C@H](C)Oc1cc(F)cc(Cl)c1.CC(C)[C@@H](O)[C@H](C)Oc1cc(F)cc(Cl)c1. The molecule has 1 N–H and O–H groups in total. The molecule has 0 aliphatic carbocycles. The van der Waals surface area contributed by atoms with E-state index in [4.69, 9.17) is 32.7 Å². The zero-order valence-electron chi connectivity index (χ0n) is 19.7. The van der Waals surface area contributed by atoms with Gasteiger partial charge in [0, 0.05) is 22.2 Å². The van der Waals surface area contributed by atoms with Crippen LogP contribution >= 0.6 is 23.2 Å². The molecule has 0 radical (unpaired) electrons. The Morgan fingerprint density at radius 1 is 0.656 bits per heavy atom. The van der Waals surface area contributed by atoms with Crippen LogP contribution in [0.2, 0.25) is 10.0 Å². The molecule has 0 fully saturated rings. The van der Waals surface area contributed by atoms with Gasteiger partial charge in [0.15, 0.2) is 0 Å². The van der Waals surface area contributed by atoms with Crippen molar-refractivity contribution < 1.29 is 23.4 Å². The van der Waals surface area contributed by atoms with E-state index in [9.17, 15) is 13.9 Å². The first-order chi connectivity index (χ1) is 14.8. The maximum absolute atomic E-state index is 13.1. The molecule has 0 aliphatic heterocycles. The van der Waals surface area contributed by atoms with Gasteiger partial charge in [0.05, 0.1) is 12.2 Å². The lowest BCUT2D eigenvalue weighted by Gasteiger charge is -2.24. The highest BCUT2D eigenvalue weighted by Gasteiger charge is 2.20. The Morgan fingerprint density at radius 3 is 1.41 bits per heavy atom. The van der Waals surface area contributed by atoms with Gasteiger partial charge >= 0.3 is 0 Å². The minimum absolute atomic E-state index is 0.0397. The van der Waals surface area contributed by atoms with Crippen molar-refractivity contribution in [3.8, 4) is 11.5 Å². The molecule has 0 spiro atoms. The zero-order chi connectivity index (χ0) is 24.6. The number of rotatable bonds is 8. The second-order valence-electron chi connectivity index (χ2n) is 8.69. The number of ether oxygens (including phenoxy) is 2. The minimum Gasteiger partial charge on any atom is -0.490 e. The van der Waals surface area contributed by atoms with E-state index < -0.39 is 18.0 Å². The van der Waals surface area contributed by atoms with Crippen LogP contribution in [-0.2, 0) is 0 Å². The molecular weight excluding hydrogens is 457 g/mol. The first-order valence-corrected chi connectivity index (χ1v) is 11.5. The molecule has 2 rings (SSSR count). The molecule has 0 heterocycles. The Labute approximate surface area is 200 Å². The number of aliphatic hydroxyl groups is 1. The van der Waals surface area contributed by atoms with Gasteiger partial charge in [0.25, 0.3) is 0 Å². The van der Waals surface area contributed by atoms with Gasteiger partial charge in [-0.05, 0) is 55.9 Å². The Balaban J connectivity index is 0.000000320. The maximum Gasteiger partial charge on any atom is 0.128 e. The van der Waals surface area contributed by atoms with Crippen LogP contribution in [0.1, 0.15) is 48.5 Å². The van der Waals surface area contributed by atoms with E-state index in [0.29, 0.717) is 28.4 Å². The van der Waals surface area contributed by atoms with Crippen molar-refractivity contribution in [1.82, 2.24) is 0 Å². The highest BCUT2D eigenvalue weighted by atomic mass is 35.5. The van der Waals surface area contributed by atoms with E-state index in [0.717, 1.165) is 0 Å². The van der Waals surface area contributed by atoms with Gasteiger partial charge in [0.1, 0.15) is 29.2 Å². The summed E-state index contributed by atoms with van der Waals surface area (Å²) in [5, 5.41) is 10.4. The van der Waals surface area contributed by atoms with Crippen LogP contribution in [0.4, 0.5) is 8.78 Å². The number of benzene rings is 2. The van der Waals surface area contributed by atoms with Crippen LogP contribution < -0.4 is 9.47 Å². The van der Waals surface area contributed by atoms with Crippen LogP contribution in [-0.4, -0.2) is 23.4 Å². The van der Waals surface area contributed by atoms with Crippen LogP contribution in [0.3, 0.4) is 0 Å². The summed E-state index contributed by atoms with van der Waals surface area (Å²) in [5.74, 6) is 1.02. The van der Waals surface area contributed by atoms with Crippen LogP contribution in [0, 0.1) is 29.4 Å². The van der Waals surface area contributed by atoms with E-state index in [1.165, 1.54) is 30.3 Å². The maximum atomic E-state index is 13.1. The summed E-state index contributed by atoms with van der Waals surface area (Å²) in [6.07, 6.45) is -0.960. The molecular formula is C25H34Cl2F2O3. The van der Waals surface area contributed by atoms with Gasteiger partial charge in [0.2, 0.25) is 0 Å². The average molecular weight is 491 g/mol. The van der Waals surface area contributed by atoms with E-state index in [1.54, 1.807) is 13.0 Å². The van der Waals surface area contributed by atoms with Crippen molar-refractivity contribution in [3.05, 3.63) is 58.1 Å². The normalized spacial score (nSPS) is 14.9. The predicted octanol–water partition coefficient (Wildman–Crippen LogP) is 7.80. The molecule has 0 bridgehead atoms. The zero-order valence-corrected chi connectivity index (χ0v) is 21.2. The van der Waals surface area contributed by atoms with Gasteiger partial charge in [-0.15, -0.1) is 0 Å². The molecule has 4 atom stereocenters. The Hall–Kier alpha value is -1.56. The van der Waals surface area contributed by atoms with Crippen molar-refractivity contribution in [2.45, 2.75) is 66.8 Å². The molecule has 0 aromatic heterocycles. The summed E-state index contributed by atoms with van der Waals surface area (Å²) in [6, 6.07) is 8.23. The average Bonchev–Trinajstić information content (AvgIpc) is 2.65. The smallest absolute Gasteiger partial charge is 0.128 e. The van der Waals surface area contributed by atoms with Crippen molar-refractivity contribution >= 4 is 23.2 Å².